The maximum absolute atomic E-state index is 11.7. The fraction of sp³-hybridized carbons (Fsp3) is 0.467. The summed E-state index contributed by atoms with van der Waals surface area (Å²) in [4.78, 5) is 24.4. The molecule has 1 aliphatic heterocycles. The largest absolute Gasteiger partial charge is 0.382 e. The summed E-state index contributed by atoms with van der Waals surface area (Å²) < 4.78 is 0. The molecule has 3 amide bonds. The number of nitrogens with zero attached hydrogens (tertiary/aromatic N) is 1. The van der Waals surface area contributed by atoms with Gasteiger partial charge in [0.25, 0.3) is 5.91 Å². The van der Waals surface area contributed by atoms with Gasteiger partial charge >= 0.3 is 6.03 Å². The zero-order valence-corrected chi connectivity index (χ0v) is 12.3. The Balaban J connectivity index is 1.87. The number of primary amides is 1. The van der Waals surface area contributed by atoms with Gasteiger partial charge in [-0.3, -0.25) is 4.79 Å². The summed E-state index contributed by atoms with van der Waals surface area (Å²) in [6.45, 7) is 3.89. The van der Waals surface area contributed by atoms with Crippen molar-refractivity contribution in [1.82, 2.24) is 10.2 Å². The molecule has 1 aromatic carbocycles. The highest BCUT2D eigenvalue weighted by atomic mass is 16.2. The number of hydrogen-bond acceptors (Lipinski definition) is 3. The average Bonchev–Trinajstić information content (AvgIpc) is 2.49. The fourth-order valence-corrected chi connectivity index (χ4v) is 2.46. The number of rotatable bonds is 4. The molecule has 2 rings (SSSR count). The second kappa shape index (κ2) is 6.97. The van der Waals surface area contributed by atoms with Crippen molar-refractivity contribution in [3.05, 3.63) is 29.8 Å². The average molecular weight is 290 g/mol. The van der Waals surface area contributed by atoms with Crippen LogP contribution >= 0.6 is 0 Å². The van der Waals surface area contributed by atoms with Gasteiger partial charge in [-0.2, -0.15) is 0 Å². The Labute approximate surface area is 124 Å². The van der Waals surface area contributed by atoms with E-state index in [1.165, 1.54) is 0 Å². The molecule has 1 aliphatic rings. The maximum atomic E-state index is 11.7. The predicted octanol–water partition coefficient (Wildman–Crippen LogP) is 1.39. The molecule has 0 unspecified atom stereocenters. The molecule has 0 bridgehead atoms. The van der Waals surface area contributed by atoms with Crippen molar-refractivity contribution in [3.63, 3.8) is 0 Å². The Bertz CT molecular complexity index is 493. The third kappa shape index (κ3) is 4.11. The Morgan fingerprint density at radius 3 is 2.38 bits per heavy atom. The molecule has 0 radical (unpaired) electrons. The van der Waals surface area contributed by atoms with Crippen LogP contribution in [0.2, 0.25) is 0 Å². The molecule has 1 fully saturated rings. The molecule has 1 heterocycles. The second-order valence-corrected chi connectivity index (χ2v) is 5.18. The first-order valence-electron chi connectivity index (χ1n) is 7.29. The number of benzene rings is 1. The van der Waals surface area contributed by atoms with Crippen LogP contribution in [0.3, 0.4) is 0 Å². The number of piperidine rings is 1. The van der Waals surface area contributed by atoms with Gasteiger partial charge < -0.3 is 21.3 Å². The number of carbonyl (C=O) groups is 2. The second-order valence-electron chi connectivity index (χ2n) is 5.18. The van der Waals surface area contributed by atoms with E-state index in [2.05, 4.69) is 10.6 Å². The molecule has 1 saturated heterocycles. The molecular weight excluding hydrogens is 268 g/mol. The minimum absolute atomic E-state index is 0.0567. The highest BCUT2D eigenvalue weighted by molar-refractivity contribution is 5.94. The molecule has 0 saturated carbocycles. The summed E-state index contributed by atoms with van der Waals surface area (Å²) in [5.41, 5.74) is 6.91. The van der Waals surface area contributed by atoms with Gasteiger partial charge in [0.2, 0.25) is 0 Å². The van der Waals surface area contributed by atoms with Gasteiger partial charge in [-0.1, -0.05) is 0 Å². The van der Waals surface area contributed by atoms with Crippen LogP contribution in [0.25, 0.3) is 0 Å². The highest BCUT2D eigenvalue weighted by Gasteiger charge is 2.20. The first-order valence-corrected chi connectivity index (χ1v) is 7.29. The smallest absolute Gasteiger partial charge is 0.314 e. The summed E-state index contributed by atoms with van der Waals surface area (Å²) in [6.07, 6.45) is 1.75. The molecule has 0 aromatic heterocycles. The monoisotopic (exact) mass is 290 g/mol. The number of urea groups is 1. The molecule has 1 aromatic rings. The molecule has 6 heteroatoms. The van der Waals surface area contributed by atoms with Crippen LogP contribution in [0.15, 0.2) is 24.3 Å². The van der Waals surface area contributed by atoms with E-state index in [0.29, 0.717) is 31.2 Å². The van der Waals surface area contributed by atoms with E-state index >= 15 is 0 Å². The predicted molar refractivity (Wildman–Crippen MR) is 82.3 cm³/mol. The number of anilines is 1. The molecule has 114 valence electrons. The van der Waals surface area contributed by atoms with Gasteiger partial charge in [-0.25, -0.2) is 4.79 Å². The first kappa shape index (κ1) is 15.2. The maximum Gasteiger partial charge on any atom is 0.314 e. The Morgan fingerprint density at radius 1 is 1.24 bits per heavy atom. The van der Waals surface area contributed by atoms with Crippen molar-refractivity contribution >= 4 is 17.6 Å². The van der Waals surface area contributed by atoms with Crippen LogP contribution in [0, 0.1) is 0 Å². The lowest BCUT2D eigenvalue weighted by Crippen LogP contribution is -2.44. The summed E-state index contributed by atoms with van der Waals surface area (Å²) in [5.74, 6) is -0.0567. The molecule has 6 nitrogen and oxygen atoms in total. The fourth-order valence-electron chi connectivity index (χ4n) is 2.46. The van der Waals surface area contributed by atoms with Crippen molar-refractivity contribution in [3.8, 4) is 0 Å². The number of nitrogens with one attached hydrogen (secondary N) is 2. The normalized spacial score (nSPS) is 15.6. The van der Waals surface area contributed by atoms with Crippen LogP contribution in [0.4, 0.5) is 10.5 Å². The molecular formula is C15H22N4O2. The van der Waals surface area contributed by atoms with Gasteiger partial charge in [0.05, 0.1) is 0 Å². The quantitative estimate of drug-likeness (QED) is 0.783. The van der Waals surface area contributed by atoms with Gasteiger partial charge in [0.1, 0.15) is 0 Å². The van der Waals surface area contributed by atoms with Crippen molar-refractivity contribution in [2.24, 2.45) is 5.73 Å². The van der Waals surface area contributed by atoms with Crippen LogP contribution in [0.1, 0.15) is 30.1 Å². The lowest BCUT2D eigenvalue weighted by molar-refractivity contribution is 0.0956. The number of nitrogens with two attached hydrogens (primary N) is 1. The Morgan fingerprint density at radius 2 is 1.86 bits per heavy atom. The minimum atomic E-state index is -0.347. The summed E-state index contributed by atoms with van der Waals surface area (Å²) in [6, 6.07) is 7.42. The standard InChI is InChI=1S/C15H22N4O2/c1-2-17-14(20)11-3-5-12(6-4-11)18-13-7-9-19(10-8-13)15(16)21/h3-6,13,18H,2,7-10H2,1H3,(H2,16,21)(H,17,20). The SMILES string of the molecule is CCNC(=O)c1ccc(NC2CCN(C(N)=O)CC2)cc1. The molecule has 21 heavy (non-hydrogen) atoms. The molecule has 0 aliphatic carbocycles. The van der Waals surface area contributed by atoms with Crippen LogP contribution in [-0.4, -0.2) is 42.5 Å². The van der Waals surface area contributed by atoms with E-state index in [4.69, 9.17) is 5.73 Å². The Kier molecular flexibility index (Phi) is 5.03. The van der Waals surface area contributed by atoms with Crippen molar-refractivity contribution in [2.75, 3.05) is 25.0 Å². The zero-order chi connectivity index (χ0) is 15.2. The van der Waals surface area contributed by atoms with Gasteiger partial charge in [-0.15, -0.1) is 0 Å². The lowest BCUT2D eigenvalue weighted by Gasteiger charge is -2.31. The van der Waals surface area contributed by atoms with Crippen molar-refractivity contribution in [1.29, 1.82) is 0 Å². The summed E-state index contributed by atoms with van der Waals surface area (Å²) in [5, 5.41) is 6.20. The third-order valence-corrected chi connectivity index (χ3v) is 3.66. The number of carbonyl (C=O) groups excluding carboxylic acids is 2. The topological polar surface area (TPSA) is 87.5 Å². The van der Waals surface area contributed by atoms with Crippen molar-refractivity contribution in [2.45, 2.75) is 25.8 Å². The van der Waals surface area contributed by atoms with Gasteiger partial charge in [0, 0.05) is 36.9 Å². The van der Waals surface area contributed by atoms with E-state index in [0.717, 1.165) is 18.5 Å². The molecule has 0 spiro atoms. The number of likely N-dealkylation sites (tertiary alicyclic amines) is 1. The van der Waals surface area contributed by atoms with Gasteiger partial charge in [0.15, 0.2) is 0 Å². The molecule has 4 N–H and O–H groups in total. The minimum Gasteiger partial charge on any atom is -0.382 e. The molecule has 0 atom stereocenters. The van der Waals surface area contributed by atoms with Crippen molar-refractivity contribution < 1.29 is 9.59 Å². The Hall–Kier alpha value is -2.24. The number of hydrogen-bond donors (Lipinski definition) is 3. The number of amides is 3. The zero-order valence-electron chi connectivity index (χ0n) is 12.3. The highest BCUT2D eigenvalue weighted by Crippen LogP contribution is 2.17. The van der Waals surface area contributed by atoms with Crippen LogP contribution < -0.4 is 16.4 Å². The van der Waals surface area contributed by atoms with E-state index in [1.807, 2.05) is 31.2 Å². The lowest BCUT2D eigenvalue weighted by atomic mass is 10.0. The summed E-state index contributed by atoms with van der Waals surface area (Å²) >= 11 is 0. The van der Waals surface area contributed by atoms with E-state index in [1.54, 1.807) is 4.90 Å². The van der Waals surface area contributed by atoms with E-state index in [-0.39, 0.29) is 11.9 Å². The van der Waals surface area contributed by atoms with E-state index < -0.39 is 0 Å². The third-order valence-electron chi connectivity index (χ3n) is 3.66. The van der Waals surface area contributed by atoms with Crippen LogP contribution in [-0.2, 0) is 0 Å². The van der Waals surface area contributed by atoms with Crippen LogP contribution in [0.5, 0.6) is 0 Å². The van der Waals surface area contributed by atoms with Gasteiger partial charge in [-0.05, 0) is 44.0 Å². The first-order chi connectivity index (χ1) is 10.1. The van der Waals surface area contributed by atoms with E-state index in [9.17, 15) is 9.59 Å². The summed E-state index contributed by atoms with van der Waals surface area (Å²) in [7, 11) is 0.